The Bertz CT molecular complexity index is 306. The zero-order chi connectivity index (χ0) is 12.7. The van der Waals surface area contributed by atoms with Gasteiger partial charge in [0.1, 0.15) is 5.75 Å². The van der Waals surface area contributed by atoms with Crippen molar-refractivity contribution in [1.82, 2.24) is 0 Å². The molecule has 0 fully saturated rings. The standard InChI is InChI=1S/C14H22O3/c1-11(15)10-12(2)17-14-6-4-13(5-7-14)8-9-16-3/h4-7,11-12,15H,8-10H2,1-3H3. The molecule has 0 saturated heterocycles. The van der Waals surface area contributed by atoms with Crippen LogP contribution >= 0.6 is 0 Å². The van der Waals surface area contributed by atoms with Gasteiger partial charge in [0, 0.05) is 13.5 Å². The third kappa shape index (κ3) is 5.71. The summed E-state index contributed by atoms with van der Waals surface area (Å²) < 4.78 is 10.7. The van der Waals surface area contributed by atoms with Gasteiger partial charge >= 0.3 is 0 Å². The first-order valence-electron chi connectivity index (χ1n) is 6.04. The summed E-state index contributed by atoms with van der Waals surface area (Å²) in [4.78, 5) is 0. The molecule has 1 rings (SSSR count). The van der Waals surface area contributed by atoms with E-state index in [4.69, 9.17) is 9.47 Å². The van der Waals surface area contributed by atoms with Crippen molar-refractivity contribution >= 4 is 0 Å². The SMILES string of the molecule is COCCc1ccc(OC(C)CC(C)O)cc1. The first kappa shape index (κ1) is 14.0. The van der Waals surface area contributed by atoms with E-state index in [-0.39, 0.29) is 12.2 Å². The lowest BCUT2D eigenvalue weighted by Gasteiger charge is -2.16. The molecule has 0 aliphatic rings. The quantitative estimate of drug-likeness (QED) is 0.793. The second kappa shape index (κ2) is 7.30. The summed E-state index contributed by atoms with van der Waals surface area (Å²) in [5, 5.41) is 9.25. The first-order valence-corrected chi connectivity index (χ1v) is 6.04. The molecule has 1 aromatic rings. The van der Waals surface area contributed by atoms with E-state index in [0.717, 1.165) is 18.8 Å². The summed E-state index contributed by atoms with van der Waals surface area (Å²) in [6, 6.07) is 8.01. The van der Waals surface area contributed by atoms with E-state index in [0.29, 0.717) is 6.42 Å². The van der Waals surface area contributed by atoms with Gasteiger partial charge in [0.2, 0.25) is 0 Å². The van der Waals surface area contributed by atoms with Gasteiger partial charge in [-0.05, 0) is 38.0 Å². The molecule has 0 radical (unpaired) electrons. The van der Waals surface area contributed by atoms with E-state index >= 15 is 0 Å². The maximum absolute atomic E-state index is 9.25. The van der Waals surface area contributed by atoms with E-state index in [1.165, 1.54) is 5.56 Å². The molecule has 0 bridgehead atoms. The Morgan fingerprint density at radius 1 is 1.18 bits per heavy atom. The molecule has 0 aliphatic carbocycles. The van der Waals surface area contributed by atoms with E-state index in [1.807, 2.05) is 31.2 Å². The van der Waals surface area contributed by atoms with Crippen molar-refractivity contribution in [2.75, 3.05) is 13.7 Å². The Balaban J connectivity index is 2.44. The third-order valence-corrected chi connectivity index (χ3v) is 2.53. The number of methoxy groups -OCH3 is 1. The molecule has 96 valence electrons. The first-order chi connectivity index (χ1) is 8.11. The average molecular weight is 238 g/mol. The molecule has 0 spiro atoms. The fourth-order valence-electron chi connectivity index (χ4n) is 1.72. The van der Waals surface area contributed by atoms with Crippen LogP contribution in [0.1, 0.15) is 25.8 Å². The van der Waals surface area contributed by atoms with E-state index in [2.05, 4.69) is 0 Å². The molecule has 0 amide bonds. The lowest BCUT2D eigenvalue weighted by molar-refractivity contribution is 0.115. The fraction of sp³-hybridized carbons (Fsp3) is 0.571. The number of rotatable bonds is 7. The van der Waals surface area contributed by atoms with Crippen molar-refractivity contribution in [3.63, 3.8) is 0 Å². The predicted molar refractivity (Wildman–Crippen MR) is 68.4 cm³/mol. The smallest absolute Gasteiger partial charge is 0.119 e. The number of aliphatic hydroxyl groups excluding tert-OH is 1. The Morgan fingerprint density at radius 2 is 1.82 bits per heavy atom. The van der Waals surface area contributed by atoms with Crippen LogP contribution in [0.5, 0.6) is 5.75 Å². The molecule has 2 unspecified atom stereocenters. The van der Waals surface area contributed by atoms with Crippen LogP contribution in [0.25, 0.3) is 0 Å². The van der Waals surface area contributed by atoms with Crippen molar-refractivity contribution < 1.29 is 14.6 Å². The molecule has 3 nitrogen and oxygen atoms in total. The lowest BCUT2D eigenvalue weighted by atomic mass is 10.1. The lowest BCUT2D eigenvalue weighted by Crippen LogP contribution is -2.18. The summed E-state index contributed by atoms with van der Waals surface area (Å²) >= 11 is 0. The number of hydrogen-bond donors (Lipinski definition) is 1. The molecule has 0 aromatic heterocycles. The van der Waals surface area contributed by atoms with Crippen molar-refractivity contribution in [1.29, 1.82) is 0 Å². The summed E-state index contributed by atoms with van der Waals surface area (Å²) in [6.45, 7) is 4.47. The van der Waals surface area contributed by atoms with Gasteiger partial charge in [0.15, 0.2) is 0 Å². The third-order valence-electron chi connectivity index (χ3n) is 2.53. The van der Waals surface area contributed by atoms with Crippen LogP contribution < -0.4 is 4.74 Å². The van der Waals surface area contributed by atoms with Gasteiger partial charge in [-0.25, -0.2) is 0 Å². The van der Waals surface area contributed by atoms with E-state index < -0.39 is 0 Å². The molecule has 0 aliphatic heterocycles. The highest BCUT2D eigenvalue weighted by molar-refractivity contribution is 5.27. The summed E-state index contributed by atoms with van der Waals surface area (Å²) in [5.41, 5.74) is 1.24. The van der Waals surface area contributed by atoms with Crippen molar-refractivity contribution in [3.05, 3.63) is 29.8 Å². The molecular weight excluding hydrogens is 216 g/mol. The van der Waals surface area contributed by atoms with Crippen LogP contribution in [0.2, 0.25) is 0 Å². The predicted octanol–water partition coefficient (Wildman–Crippen LogP) is 2.41. The fourth-order valence-corrected chi connectivity index (χ4v) is 1.72. The van der Waals surface area contributed by atoms with Crippen LogP contribution in [0, 0.1) is 0 Å². The minimum Gasteiger partial charge on any atom is -0.491 e. The van der Waals surface area contributed by atoms with Crippen LogP contribution in [-0.2, 0) is 11.2 Å². The Labute approximate surface area is 103 Å². The van der Waals surface area contributed by atoms with Gasteiger partial charge in [0.25, 0.3) is 0 Å². The Hall–Kier alpha value is -1.06. The molecule has 0 heterocycles. The van der Waals surface area contributed by atoms with Crippen molar-refractivity contribution in [2.24, 2.45) is 0 Å². The van der Waals surface area contributed by atoms with Gasteiger partial charge in [-0.15, -0.1) is 0 Å². The zero-order valence-electron chi connectivity index (χ0n) is 10.8. The number of hydrogen-bond acceptors (Lipinski definition) is 3. The second-order valence-corrected chi connectivity index (χ2v) is 4.40. The number of benzene rings is 1. The zero-order valence-corrected chi connectivity index (χ0v) is 10.8. The normalized spacial score (nSPS) is 14.4. The number of ether oxygens (including phenoxy) is 2. The largest absolute Gasteiger partial charge is 0.491 e. The van der Waals surface area contributed by atoms with Gasteiger partial charge in [-0.1, -0.05) is 12.1 Å². The second-order valence-electron chi connectivity index (χ2n) is 4.40. The van der Waals surface area contributed by atoms with Gasteiger partial charge in [-0.3, -0.25) is 0 Å². The van der Waals surface area contributed by atoms with Crippen LogP contribution in [-0.4, -0.2) is 31.0 Å². The Morgan fingerprint density at radius 3 is 2.35 bits per heavy atom. The molecule has 1 N–H and O–H groups in total. The molecule has 2 atom stereocenters. The van der Waals surface area contributed by atoms with Crippen molar-refractivity contribution in [3.8, 4) is 5.75 Å². The Kier molecular flexibility index (Phi) is 6.01. The van der Waals surface area contributed by atoms with E-state index in [1.54, 1.807) is 14.0 Å². The maximum Gasteiger partial charge on any atom is 0.119 e. The molecule has 17 heavy (non-hydrogen) atoms. The molecule has 3 heteroatoms. The van der Waals surface area contributed by atoms with Gasteiger partial charge in [-0.2, -0.15) is 0 Å². The minimum absolute atomic E-state index is 0.0276. The van der Waals surface area contributed by atoms with Crippen molar-refractivity contribution in [2.45, 2.75) is 38.9 Å². The maximum atomic E-state index is 9.25. The highest BCUT2D eigenvalue weighted by atomic mass is 16.5. The molecule has 1 aromatic carbocycles. The summed E-state index contributed by atoms with van der Waals surface area (Å²) in [6.07, 6.45) is 1.26. The molecular formula is C14H22O3. The average Bonchev–Trinajstić information content (AvgIpc) is 2.27. The van der Waals surface area contributed by atoms with Crippen LogP contribution in [0.3, 0.4) is 0 Å². The highest BCUT2D eigenvalue weighted by Crippen LogP contribution is 2.15. The van der Waals surface area contributed by atoms with Crippen LogP contribution in [0.15, 0.2) is 24.3 Å². The highest BCUT2D eigenvalue weighted by Gasteiger charge is 2.07. The van der Waals surface area contributed by atoms with E-state index in [9.17, 15) is 5.11 Å². The summed E-state index contributed by atoms with van der Waals surface area (Å²) in [7, 11) is 1.70. The minimum atomic E-state index is -0.328. The summed E-state index contributed by atoms with van der Waals surface area (Å²) in [5.74, 6) is 0.847. The topological polar surface area (TPSA) is 38.7 Å². The van der Waals surface area contributed by atoms with Crippen LogP contribution in [0.4, 0.5) is 0 Å². The monoisotopic (exact) mass is 238 g/mol. The van der Waals surface area contributed by atoms with Gasteiger partial charge in [0.05, 0.1) is 18.8 Å². The number of aliphatic hydroxyl groups is 1. The molecule has 0 saturated carbocycles. The van der Waals surface area contributed by atoms with Gasteiger partial charge < -0.3 is 14.6 Å².